The van der Waals surface area contributed by atoms with Crippen LogP contribution in [0.2, 0.25) is 0 Å². The second-order valence-electron chi connectivity index (χ2n) is 3.97. The molecule has 0 aliphatic carbocycles. The van der Waals surface area contributed by atoms with E-state index in [-0.39, 0.29) is 0 Å². The minimum absolute atomic E-state index is 0.641. The molecule has 3 nitrogen and oxygen atoms in total. The van der Waals surface area contributed by atoms with Crippen molar-refractivity contribution in [3.05, 3.63) is 54.1 Å². The largest absolute Gasteiger partial charge is 0.497 e. The van der Waals surface area contributed by atoms with Crippen molar-refractivity contribution in [2.24, 2.45) is 5.73 Å². The zero-order valence-electron chi connectivity index (χ0n) is 10.4. The van der Waals surface area contributed by atoms with E-state index in [0.717, 1.165) is 23.7 Å². The number of ether oxygens (including phenoxy) is 2. The molecule has 3 heteroatoms. The molecule has 0 fully saturated rings. The van der Waals surface area contributed by atoms with Crippen molar-refractivity contribution in [3.63, 3.8) is 0 Å². The van der Waals surface area contributed by atoms with Gasteiger partial charge in [-0.15, -0.1) is 0 Å². The lowest BCUT2D eigenvalue weighted by Gasteiger charge is -2.08. The van der Waals surface area contributed by atoms with Crippen LogP contribution in [0.5, 0.6) is 17.2 Å². The van der Waals surface area contributed by atoms with Crippen molar-refractivity contribution in [2.45, 2.75) is 6.42 Å². The van der Waals surface area contributed by atoms with Gasteiger partial charge in [-0.3, -0.25) is 0 Å². The molecule has 94 valence electrons. The second kappa shape index (κ2) is 6.07. The van der Waals surface area contributed by atoms with E-state index in [4.69, 9.17) is 15.2 Å². The summed E-state index contributed by atoms with van der Waals surface area (Å²) in [5.74, 6) is 2.36. The highest BCUT2D eigenvalue weighted by atomic mass is 16.5. The van der Waals surface area contributed by atoms with E-state index in [1.165, 1.54) is 5.56 Å². The van der Waals surface area contributed by atoms with E-state index in [1.807, 2.05) is 48.5 Å². The smallest absolute Gasteiger partial charge is 0.131 e. The summed E-state index contributed by atoms with van der Waals surface area (Å²) in [7, 11) is 1.64. The van der Waals surface area contributed by atoms with Crippen LogP contribution in [0.25, 0.3) is 0 Å². The fourth-order valence-electron chi connectivity index (χ4n) is 1.73. The van der Waals surface area contributed by atoms with Crippen LogP contribution in [0, 0.1) is 0 Å². The molecule has 18 heavy (non-hydrogen) atoms. The van der Waals surface area contributed by atoms with Crippen molar-refractivity contribution in [1.82, 2.24) is 0 Å². The van der Waals surface area contributed by atoms with Crippen LogP contribution in [-0.2, 0) is 6.42 Å². The molecule has 0 saturated carbocycles. The average Bonchev–Trinajstić information content (AvgIpc) is 2.40. The predicted molar refractivity (Wildman–Crippen MR) is 72.3 cm³/mol. The van der Waals surface area contributed by atoms with Gasteiger partial charge < -0.3 is 15.2 Å². The Hall–Kier alpha value is -2.00. The summed E-state index contributed by atoms with van der Waals surface area (Å²) >= 11 is 0. The van der Waals surface area contributed by atoms with Crippen molar-refractivity contribution in [3.8, 4) is 17.2 Å². The summed E-state index contributed by atoms with van der Waals surface area (Å²) in [6, 6.07) is 15.5. The van der Waals surface area contributed by atoms with Crippen LogP contribution >= 0.6 is 0 Å². The van der Waals surface area contributed by atoms with Gasteiger partial charge in [-0.25, -0.2) is 0 Å². The van der Waals surface area contributed by atoms with Gasteiger partial charge >= 0.3 is 0 Å². The standard InChI is InChI=1S/C15H17NO2/c1-17-13-5-3-7-15(11-13)18-14-6-2-4-12(10-14)8-9-16/h2-7,10-11H,8-9,16H2,1H3. The first kappa shape index (κ1) is 12.5. The molecule has 0 heterocycles. The SMILES string of the molecule is COc1cccc(Oc2cccc(CCN)c2)c1. The Balaban J connectivity index is 2.14. The molecule has 0 aliphatic heterocycles. The number of hydrogen-bond acceptors (Lipinski definition) is 3. The Morgan fingerprint density at radius 3 is 2.33 bits per heavy atom. The number of methoxy groups -OCH3 is 1. The minimum atomic E-state index is 0.641. The molecule has 0 unspecified atom stereocenters. The summed E-state index contributed by atoms with van der Waals surface area (Å²) in [5, 5.41) is 0. The Morgan fingerprint density at radius 1 is 0.944 bits per heavy atom. The lowest BCUT2D eigenvalue weighted by atomic mass is 10.1. The van der Waals surface area contributed by atoms with E-state index in [2.05, 4.69) is 0 Å². The first-order valence-electron chi connectivity index (χ1n) is 5.93. The topological polar surface area (TPSA) is 44.5 Å². The van der Waals surface area contributed by atoms with Gasteiger partial charge in [0.1, 0.15) is 17.2 Å². The van der Waals surface area contributed by atoms with Crippen LogP contribution in [0.15, 0.2) is 48.5 Å². The van der Waals surface area contributed by atoms with Gasteiger partial charge in [0.05, 0.1) is 7.11 Å². The first-order valence-corrected chi connectivity index (χ1v) is 5.93. The molecule has 0 atom stereocenters. The zero-order valence-corrected chi connectivity index (χ0v) is 10.4. The Labute approximate surface area is 107 Å². The quantitative estimate of drug-likeness (QED) is 0.878. The van der Waals surface area contributed by atoms with Gasteiger partial charge in [0.2, 0.25) is 0 Å². The van der Waals surface area contributed by atoms with Crippen molar-refractivity contribution in [1.29, 1.82) is 0 Å². The molecule has 2 aromatic rings. The van der Waals surface area contributed by atoms with E-state index in [1.54, 1.807) is 7.11 Å². The number of hydrogen-bond donors (Lipinski definition) is 1. The maximum absolute atomic E-state index is 5.79. The molecule has 2 aromatic carbocycles. The summed E-state index contributed by atoms with van der Waals surface area (Å²) in [6.07, 6.45) is 0.856. The third-order valence-corrected chi connectivity index (χ3v) is 2.61. The molecule has 0 bridgehead atoms. The Kier molecular flexibility index (Phi) is 4.20. The summed E-state index contributed by atoms with van der Waals surface area (Å²) in [6.45, 7) is 0.641. The van der Waals surface area contributed by atoms with Gasteiger partial charge in [0.25, 0.3) is 0 Å². The van der Waals surface area contributed by atoms with Crippen LogP contribution in [-0.4, -0.2) is 13.7 Å². The lowest BCUT2D eigenvalue weighted by Crippen LogP contribution is -2.02. The number of benzene rings is 2. The summed E-state index contributed by atoms with van der Waals surface area (Å²) in [5.41, 5.74) is 6.72. The molecule has 0 radical (unpaired) electrons. The molecule has 0 aliphatic rings. The van der Waals surface area contributed by atoms with E-state index in [0.29, 0.717) is 6.54 Å². The summed E-state index contributed by atoms with van der Waals surface area (Å²) in [4.78, 5) is 0. The van der Waals surface area contributed by atoms with E-state index >= 15 is 0 Å². The molecular weight excluding hydrogens is 226 g/mol. The van der Waals surface area contributed by atoms with Gasteiger partial charge in [-0.1, -0.05) is 18.2 Å². The third kappa shape index (κ3) is 3.25. The van der Waals surface area contributed by atoms with Crippen molar-refractivity contribution >= 4 is 0 Å². The van der Waals surface area contributed by atoms with Gasteiger partial charge in [-0.05, 0) is 42.8 Å². The maximum Gasteiger partial charge on any atom is 0.131 e. The second-order valence-corrected chi connectivity index (χ2v) is 3.97. The van der Waals surface area contributed by atoms with Gasteiger partial charge in [-0.2, -0.15) is 0 Å². The molecule has 0 amide bonds. The normalized spacial score (nSPS) is 10.1. The van der Waals surface area contributed by atoms with E-state index < -0.39 is 0 Å². The summed E-state index contributed by atoms with van der Waals surface area (Å²) < 4.78 is 10.9. The number of rotatable bonds is 5. The highest BCUT2D eigenvalue weighted by Gasteiger charge is 2.00. The average molecular weight is 243 g/mol. The maximum atomic E-state index is 5.79. The lowest BCUT2D eigenvalue weighted by molar-refractivity contribution is 0.409. The first-order chi connectivity index (χ1) is 8.81. The van der Waals surface area contributed by atoms with Crippen LogP contribution in [0.1, 0.15) is 5.56 Å². The highest BCUT2D eigenvalue weighted by molar-refractivity contribution is 5.38. The highest BCUT2D eigenvalue weighted by Crippen LogP contribution is 2.25. The Bertz CT molecular complexity index is 511. The molecule has 2 N–H and O–H groups in total. The van der Waals surface area contributed by atoms with Crippen LogP contribution in [0.4, 0.5) is 0 Å². The minimum Gasteiger partial charge on any atom is -0.497 e. The predicted octanol–water partition coefficient (Wildman–Crippen LogP) is 2.99. The molecule has 0 saturated heterocycles. The van der Waals surface area contributed by atoms with Crippen molar-refractivity contribution in [2.75, 3.05) is 13.7 Å². The van der Waals surface area contributed by atoms with E-state index in [9.17, 15) is 0 Å². The number of nitrogens with two attached hydrogens (primary N) is 1. The Morgan fingerprint density at radius 2 is 1.61 bits per heavy atom. The zero-order chi connectivity index (χ0) is 12.8. The molecule has 0 aromatic heterocycles. The van der Waals surface area contributed by atoms with Crippen molar-refractivity contribution < 1.29 is 9.47 Å². The molecular formula is C15H17NO2. The fraction of sp³-hybridized carbons (Fsp3) is 0.200. The molecule has 2 rings (SSSR count). The van der Waals surface area contributed by atoms with Crippen LogP contribution in [0.3, 0.4) is 0 Å². The van der Waals surface area contributed by atoms with Crippen LogP contribution < -0.4 is 15.2 Å². The van der Waals surface area contributed by atoms with Gasteiger partial charge in [0, 0.05) is 6.07 Å². The third-order valence-electron chi connectivity index (χ3n) is 2.61. The fourth-order valence-corrected chi connectivity index (χ4v) is 1.73. The molecule has 0 spiro atoms. The van der Waals surface area contributed by atoms with Gasteiger partial charge in [0.15, 0.2) is 0 Å². The monoisotopic (exact) mass is 243 g/mol.